The lowest BCUT2D eigenvalue weighted by Gasteiger charge is -2.17. The number of aliphatic carboxylic acids is 1. The van der Waals surface area contributed by atoms with Crippen LogP contribution in [0.3, 0.4) is 0 Å². The van der Waals surface area contributed by atoms with Crippen LogP contribution in [0.2, 0.25) is 5.02 Å². The molecule has 1 heterocycles. The number of ether oxygens (including phenoxy) is 2. The van der Waals surface area contributed by atoms with E-state index in [0.29, 0.717) is 42.0 Å². The van der Waals surface area contributed by atoms with Gasteiger partial charge in [-0.2, -0.15) is 0 Å². The molecule has 22 heavy (non-hydrogen) atoms. The first-order valence-electron chi connectivity index (χ1n) is 7.55. The van der Waals surface area contributed by atoms with Crippen molar-refractivity contribution in [1.82, 2.24) is 5.32 Å². The predicted octanol–water partition coefficient (Wildman–Crippen LogP) is 2.87. The van der Waals surface area contributed by atoms with Gasteiger partial charge in [-0.3, -0.25) is 4.79 Å². The van der Waals surface area contributed by atoms with Crippen LogP contribution in [0.5, 0.6) is 11.5 Å². The standard InChI is InChI=1S/C16H20ClNO4/c1-21-14-6-10(13-5-11(7-18-13)16(19)20)4-12(17)15(14)22-8-9-2-3-9/h4,6,9,11,13,18H,2-3,5,7-8H2,1H3,(H,19,20). The van der Waals surface area contributed by atoms with Crippen molar-refractivity contribution in [3.05, 3.63) is 22.7 Å². The molecule has 2 N–H and O–H groups in total. The van der Waals surface area contributed by atoms with E-state index in [9.17, 15) is 4.79 Å². The van der Waals surface area contributed by atoms with E-state index in [1.165, 1.54) is 12.8 Å². The largest absolute Gasteiger partial charge is 0.493 e. The summed E-state index contributed by atoms with van der Waals surface area (Å²) in [5, 5.41) is 12.8. The topological polar surface area (TPSA) is 67.8 Å². The van der Waals surface area contributed by atoms with Crippen LogP contribution in [0.15, 0.2) is 12.1 Å². The molecule has 1 saturated carbocycles. The molecule has 1 aliphatic carbocycles. The van der Waals surface area contributed by atoms with E-state index in [1.54, 1.807) is 7.11 Å². The Labute approximate surface area is 134 Å². The summed E-state index contributed by atoms with van der Waals surface area (Å²) in [7, 11) is 1.58. The second kappa shape index (κ2) is 6.34. The van der Waals surface area contributed by atoms with Gasteiger partial charge in [-0.05, 0) is 42.9 Å². The maximum absolute atomic E-state index is 11.1. The normalized spacial score (nSPS) is 24.3. The number of carboxylic acids is 1. The second-order valence-corrected chi connectivity index (χ2v) is 6.43. The minimum Gasteiger partial charge on any atom is -0.493 e. The highest BCUT2D eigenvalue weighted by atomic mass is 35.5. The number of nitrogens with one attached hydrogen (secondary N) is 1. The Balaban J connectivity index is 1.77. The fraction of sp³-hybridized carbons (Fsp3) is 0.562. The molecule has 0 radical (unpaired) electrons. The lowest BCUT2D eigenvalue weighted by atomic mass is 10.00. The van der Waals surface area contributed by atoms with E-state index >= 15 is 0 Å². The molecule has 2 aliphatic rings. The summed E-state index contributed by atoms with van der Waals surface area (Å²) in [4.78, 5) is 11.1. The van der Waals surface area contributed by atoms with Crippen LogP contribution in [-0.2, 0) is 4.79 Å². The molecule has 2 fully saturated rings. The molecule has 0 aromatic heterocycles. The molecular weight excluding hydrogens is 306 g/mol. The maximum atomic E-state index is 11.1. The van der Waals surface area contributed by atoms with Crippen LogP contribution in [0, 0.1) is 11.8 Å². The van der Waals surface area contributed by atoms with Gasteiger partial charge >= 0.3 is 5.97 Å². The van der Waals surface area contributed by atoms with Gasteiger partial charge in [-0.1, -0.05) is 11.6 Å². The summed E-state index contributed by atoms with van der Waals surface area (Å²) in [6.45, 7) is 1.14. The Morgan fingerprint density at radius 2 is 2.23 bits per heavy atom. The summed E-state index contributed by atoms with van der Waals surface area (Å²) >= 11 is 6.35. The van der Waals surface area contributed by atoms with E-state index < -0.39 is 5.97 Å². The fourth-order valence-electron chi connectivity index (χ4n) is 2.74. The zero-order valence-corrected chi connectivity index (χ0v) is 13.2. The fourth-order valence-corrected chi connectivity index (χ4v) is 3.02. The highest BCUT2D eigenvalue weighted by Gasteiger charge is 2.31. The zero-order valence-electron chi connectivity index (χ0n) is 12.5. The van der Waals surface area contributed by atoms with Crippen molar-refractivity contribution in [2.24, 2.45) is 11.8 Å². The summed E-state index contributed by atoms with van der Waals surface area (Å²) < 4.78 is 11.2. The summed E-state index contributed by atoms with van der Waals surface area (Å²) in [5.74, 6) is 0.683. The number of methoxy groups -OCH3 is 1. The van der Waals surface area contributed by atoms with Crippen LogP contribution in [0.4, 0.5) is 0 Å². The van der Waals surface area contributed by atoms with Crippen molar-refractivity contribution in [2.45, 2.75) is 25.3 Å². The van der Waals surface area contributed by atoms with E-state index in [1.807, 2.05) is 12.1 Å². The molecular formula is C16H20ClNO4. The third-order valence-electron chi connectivity index (χ3n) is 4.29. The molecule has 5 nitrogen and oxygen atoms in total. The Morgan fingerprint density at radius 3 is 2.82 bits per heavy atom. The van der Waals surface area contributed by atoms with E-state index in [-0.39, 0.29) is 12.0 Å². The van der Waals surface area contributed by atoms with Gasteiger partial charge in [-0.25, -0.2) is 0 Å². The van der Waals surface area contributed by atoms with Crippen LogP contribution < -0.4 is 14.8 Å². The smallest absolute Gasteiger partial charge is 0.307 e. The molecule has 3 rings (SSSR count). The van der Waals surface area contributed by atoms with Crippen LogP contribution in [0.25, 0.3) is 0 Å². The molecule has 1 aliphatic heterocycles. The van der Waals surface area contributed by atoms with Gasteiger partial charge in [0.1, 0.15) is 0 Å². The summed E-state index contributed by atoms with van der Waals surface area (Å²) in [6, 6.07) is 3.70. The molecule has 1 aromatic rings. The molecule has 0 bridgehead atoms. The molecule has 1 aromatic carbocycles. The quantitative estimate of drug-likeness (QED) is 0.841. The first-order chi connectivity index (χ1) is 10.6. The Kier molecular flexibility index (Phi) is 4.45. The van der Waals surface area contributed by atoms with E-state index in [2.05, 4.69) is 5.32 Å². The van der Waals surface area contributed by atoms with Gasteiger partial charge in [-0.15, -0.1) is 0 Å². The lowest BCUT2D eigenvalue weighted by molar-refractivity contribution is -0.141. The number of carbonyl (C=O) groups is 1. The number of carboxylic acid groups (broad SMARTS) is 1. The van der Waals surface area contributed by atoms with Crippen molar-refractivity contribution >= 4 is 17.6 Å². The minimum absolute atomic E-state index is 0.0232. The Morgan fingerprint density at radius 1 is 1.45 bits per heavy atom. The van der Waals surface area contributed by atoms with Gasteiger partial charge in [0.2, 0.25) is 0 Å². The third-order valence-corrected chi connectivity index (χ3v) is 4.58. The average molecular weight is 326 g/mol. The van der Waals surface area contributed by atoms with Crippen molar-refractivity contribution in [2.75, 3.05) is 20.3 Å². The Bertz CT molecular complexity index is 574. The van der Waals surface area contributed by atoms with Gasteiger partial charge in [0, 0.05) is 12.6 Å². The number of hydrogen-bond acceptors (Lipinski definition) is 4. The van der Waals surface area contributed by atoms with Crippen molar-refractivity contribution in [3.8, 4) is 11.5 Å². The van der Waals surface area contributed by atoms with Gasteiger partial charge in [0.25, 0.3) is 0 Å². The zero-order chi connectivity index (χ0) is 15.7. The summed E-state index contributed by atoms with van der Waals surface area (Å²) in [5.41, 5.74) is 0.935. The van der Waals surface area contributed by atoms with Gasteiger partial charge in [0.05, 0.1) is 24.7 Å². The first-order valence-corrected chi connectivity index (χ1v) is 7.92. The number of halogens is 1. The van der Waals surface area contributed by atoms with Crippen molar-refractivity contribution < 1.29 is 19.4 Å². The molecule has 120 valence electrons. The SMILES string of the molecule is COc1cc(C2CC(C(=O)O)CN2)cc(Cl)c1OCC1CC1. The molecule has 2 unspecified atom stereocenters. The second-order valence-electron chi connectivity index (χ2n) is 6.02. The Hall–Kier alpha value is -1.46. The highest BCUT2D eigenvalue weighted by molar-refractivity contribution is 6.32. The number of hydrogen-bond donors (Lipinski definition) is 2. The summed E-state index contributed by atoms with van der Waals surface area (Å²) in [6.07, 6.45) is 2.97. The van der Waals surface area contributed by atoms with Gasteiger partial charge in [0.15, 0.2) is 11.5 Å². The molecule has 1 saturated heterocycles. The van der Waals surface area contributed by atoms with E-state index in [0.717, 1.165) is 5.56 Å². The molecule has 0 amide bonds. The van der Waals surface area contributed by atoms with Crippen molar-refractivity contribution in [1.29, 1.82) is 0 Å². The van der Waals surface area contributed by atoms with Crippen LogP contribution in [0.1, 0.15) is 30.9 Å². The molecule has 2 atom stereocenters. The van der Waals surface area contributed by atoms with E-state index in [4.69, 9.17) is 26.2 Å². The number of rotatable bonds is 6. The van der Waals surface area contributed by atoms with Crippen molar-refractivity contribution in [3.63, 3.8) is 0 Å². The monoisotopic (exact) mass is 325 g/mol. The maximum Gasteiger partial charge on any atom is 0.307 e. The van der Waals surface area contributed by atoms with Crippen LogP contribution >= 0.6 is 11.6 Å². The van der Waals surface area contributed by atoms with Crippen LogP contribution in [-0.4, -0.2) is 31.3 Å². The third kappa shape index (κ3) is 3.31. The average Bonchev–Trinajstić information content (AvgIpc) is 3.18. The minimum atomic E-state index is -0.766. The highest BCUT2D eigenvalue weighted by Crippen LogP contribution is 2.41. The van der Waals surface area contributed by atoms with Gasteiger partial charge < -0.3 is 19.9 Å². The predicted molar refractivity (Wildman–Crippen MR) is 82.7 cm³/mol. The lowest BCUT2D eigenvalue weighted by Crippen LogP contribution is -2.17. The first kappa shape index (κ1) is 15.4. The molecule has 0 spiro atoms. The molecule has 6 heteroatoms. The number of benzene rings is 1.